The molecule has 3 rings (SSSR count). The Morgan fingerprint density at radius 1 is 1.17 bits per heavy atom. The van der Waals surface area contributed by atoms with Crippen LogP contribution in [0.5, 0.6) is 5.75 Å². The SMILES string of the molecule is COC(=O)C1=C(C)O[C@@H](c2ccc(OC)cc2)[C@@H]1C(=O)N1C(=O)OC[C@@H]1C(C)C. The van der Waals surface area contributed by atoms with E-state index in [0.717, 1.165) is 4.90 Å². The quantitative estimate of drug-likeness (QED) is 0.698. The van der Waals surface area contributed by atoms with Crippen LogP contribution in [-0.2, 0) is 23.8 Å². The van der Waals surface area contributed by atoms with Crippen LogP contribution in [0.25, 0.3) is 0 Å². The molecule has 0 bridgehead atoms. The first kappa shape index (κ1) is 20.7. The van der Waals surface area contributed by atoms with Crippen molar-refractivity contribution in [2.24, 2.45) is 11.8 Å². The summed E-state index contributed by atoms with van der Waals surface area (Å²) in [4.78, 5) is 39.4. The highest BCUT2D eigenvalue weighted by Crippen LogP contribution is 2.44. The molecule has 3 atom stereocenters. The molecule has 1 saturated heterocycles. The van der Waals surface area contributed by atoms with Gasteiger partial charge in [0.1, 0.15) is 30.1 Å². The van der Waals surface area contributed by atoms with Crippen LogP contribution in [0.3, 0.4) is 0 Å². The van der Waals surface area contributed by atoms with Gasteiger partial charge >= 0.3 is 12.1 Å². The normalized spacial score (nSPS) is 23.9. The highest BCUT2D eigenvalue weighted by molar-refractivity contribution is 6.03. The van der Waals surface area contributed by atoms with Gasteiger partial charge in [-0.25, -0.2) is 14.5 Å². The third-order valence-corrected chi connectivity index (χ3v) is 5.33. The molecule has 8 heteroatoms. The summed E-state index contributed by atoms with van der Waals surface area (Å²) in [5, 5.41) is 0. The molecule has 0 aliphatic carbocycles. The monoisotopic (exact) mass is 403 g/mol. The average Bonchev–Trinajstić information content (AvgIpc) is 3.27. The maximum atomic E-state index is 13.5. The van der Waals surface area contributed by atoms with Crippen molar-refractivity contribution in [2.75, 3.05) is 20.8 Å². The van der Waals surface area contributed by atoms with E-state index in [0.29, 0.717) is 17.1 Å². The summed E-state index contributed by atoms with van der Waals surface area (Å²) >= 11 is 0. The maximum absolute atomic E-state index is 13.5. The lowest BCUT2D eigenvalue weighted by molar-refractivity contribution is -0.141. The van der Waals surface area contributed by atoms with Gasteiger partial charge in [-0.2, -0.15) is 0 Å². The zero-order chi connectivity index (χ0) is 21.3. The van der Waals surface area contributed by atoms with Crippen LogP contribution >= 0.6 is 0 Å². The minimum absolute atomic E-state index is 0.00110. The lowest BCUT2D eigenvalue weighted by atomic mass is 9.88. The largest absolute Gasteiger partial charge is 0.497 e. The van der Waals surface area contributed by atoms with Crippen molar-refractivity contribution in [2.45, 2.75) is 32.9 Å². The van der Waals surface area contributed by atoms with Gasteiger partial charge in [-0.15, -0.1) is 0 Å². The zero-order valence-corrected chi connectivity index (χ0v) is 17.1. The van der Waals surface area contributed by atoms with E-state index in [9.17, 15) is 14.4 Å². The van der Waals surface area contributed by atoms with E-state index in [1.807, 2.05) is 13.8 Å². The van der Waals surface area contributed by atoms with Crippen LogP contribution in [0.2, 0.25) is 0 Å². The molecule has 1 fully saturated rings. The van der Waals surface area contributed by atoms with Gasteiger partial charge in [-0.1, -0.05) is 26.0 Å². The van der Waals surface area contributed by atoms with Crippen molar-refractivity contribution < 1.29 is 33.3 Å². The second-order valence-corrected chi connectivity index (χ2v) is 7.35. The molecule has 0 unspecified atom stereocenters. The Morgan fingerprint density at radius 2 is 1.83 bits per heavy atom. The third-order valence-electron chi connectivity index (χ3n) is 5.33. The lowest BCUT2D eigenvalue weighted by Gasteiger charge is -2.28. The number of hydrogen-bond donors (Lipinski definition) is 0. The van der Waals surface area contributed by atoms with Crippen LogP contribution in [0.1, 0.15) is 32.4 Å². The number of carbonyl (C=O) groups excluding carboxylic acids is 3. The summed E-state index contributed by atoms with van der Waals surface area (Å²) in [6, 6.07) is 6.60. The van der Waals surface area contributed by atoms with Crippen molar-refractivity contribution in [3.8, 4) is 5.75 Å². The Balaban J connectivity index is 2.03. The van der Waals surface area contributed by atoms with E-state index in [1.165, 1.54) is 7.11 Å². The lowest BCUT2D eigenvalue weighted by Crippen LogP contribution is -2.46. The van der Waals surface area contributed by atoms with Gasteiger partial charge < -0.3 is 18.9 Å². The van der Waals surface area contributed by atoms with Crippen LogP contribution in [-0.4, -0.2) is 49.7 Å². The highest BCUT2D eigenvalue weighted by Gasteiger charge is 2.51. The van der Waals surface area contributed by atoms with Crippen molar-refractivity contribution in [3.63, 3.8) is 0 Å². The summed E-state index contributed by atoms with van der Waals surface area (Å²) in [6.45, 7) is 5.54. The molecule has 8 nitrogen and oxygen atoms in total. The Hall–Kier alpha value is -3.03. The summed E-state index contributed by atoms with van der Waals surface area (Å²) in [7, 11) is 2.80. The van der Waals surface area contributed by atoms with Gasteiger partial charge in [0.05, 0.1) is 25.8 Å². The van der Waals surface area contributed by atoms with Crippen molar-refractivity contribution >= 4 is 18.0 Å². The molecular formula is C21H25NO7. The topological polar surface area (TPSA) is 91.4 Å². The van der Waals surface area contributed by atoms with Crippen LogP contribution in [0, 0.1) is 11.8 Å². The van der Waals surface area contributed by atoms with Gasteiger partial charge in [-0.05, 0) is 30.5 Å². The first-order valence-corrected chi connectivity index (χ1v) is 9.39. The number of carbonyl (C=O) groups is 3. The second kappa shape index (κ2) is 8.14. The van der Waals surface area contributed by atoms with Gasteiger partial charge in [-0.3, -0.25) is 4.79 Å². The number of cyclic esters (lactones) is 1. The first-order valence-electron chi connectivity index (χ1n) is 9.39. The van der Waals surface area contributed by atoms with Crippen LogP contribution in [0.15, 0.2) is 35.6 Å². The number of hydrogen-bond acceptors (Lipinski definition) is 7. The van der Waals surface area contributed by atoms with Crippen LogP contribution in [0.4, 0.5) is 4.79 Å². The van der Waals surface area contributed by atoms with Crippen molar-refractivity contribution in [3.05, 3.63) is 41.2 Å². The Labute approximate surface area is 169 Å². The number of amides is 2. The number of nitrogens with zero attached hydrogens (tertiary/aromatic N) is 1. The molecule has 0 spiro atoms. The Kier molecular flexibility index (Phi) is 5.81. The molecule has 1 aromatic rings. The summed E-state index contributed by atoms with van der Waals surface area (Å²) in [5.41, 5.74) is 0.789. The number of imide groups is 1. The van der Waals surface area contributed by atoms with E-state index in [1.54, 1.807) is 38.3 Å². The molecule has 2 amide bonds. The van der Waals surface area contributed by atoms with E-state index < -0.39 is 36.0 Å². The molecule has 2 aliphatic heterocycles. The molecule has 0 saturated carbocycles. The Morgan fingerprint density at radius 3 is 2.38 bits per heavy atom. The van der Waals surface area contributed by atoms with Gasteiger partial charge in [0.2, 0.25) is 5.91 Å². The molecule has 1 aromatic carbocycles. The van der Waals surface area contributed by atoms with Gasteiger partial charge in [0, 0.05) is 0 Å². The Bertz CT molecular complexity index is 843. The molecule has 2 heterocycles. The third kappa shape index (κ3) is 3.66. The molecule has 2 aliphatic rings. The van der Waals surface area contributed by atoms with E-state index in [4.69, 9.17) is 18.9 Å². The fraction of sp³-hybridized carbons (Fsp3) is 0.476. The number of esters is 1. The van der Waals surface area contributed by atoms with Crippen molar-refractivity contribution in [1.29, 1.82) is 0 Å². The fourth-order valence-electron chi connectivity index (χ4n) is 3.71. The van der Waals surface area contributed by atoms with E-state index in [2.05, 4.69) is 0 Å². The predicted octanol–water partition coefficient (Wildman–Crippen LogP) is 2.83. The predicted molar refractivity (Wildman–Crippen MR) is 102 cm³/mol. The smallest absolute Gasteiger partial charge is 0.417 e. The van der Waals surface area contributed by atoms with Gasteiger partial charge in [0.15, 0.2) is 0 Å². The summed E-state index contributed by atoms with van der Waals surface area (Å²) < 4.78 is 21.1. The molecule has 29 heavy (non-hydrogen) atoms. The molecule has 0 N–H and O–H groups in total. The second-order valence-electron chi connectivity index (χ2n) is 7.35. The molecular weight excluding hydrogens is 378 g/mol. The van der Waals surface area contributed by atoms with E-state index >= 15 is 0 Å². The number of benzene rings is 1. The first-order chi connectivity index (χ1) is 13.8. The fourth-order valence-corrected chi connectivity index (χ4v) is 3.71. The molecule has 156 valence electrons. The number of ether oxygens (including phenoxy) is 4. The maximum Gasteiger partial charge on any atom is 0.417 e. The highest BCUT2D eigenvalue weighted by atomic mass is 16.6. The number of methoxy groups -OCH3 is 2. The molecule has 0 radical (unpaired) electrons. The summed E-state index contributed by atoms with van der Waals surface area (Å²) in [6.07, 6.45) is -1.49. The minimum atomic E-state index is -1.03. The van der Waals surface area contributed by atoms with Crippen LogP contribution < -0.4 is 4.74 Å². The van der Waals surface area contributed by atoms with E-state index in [-0.39, 0.29) is 18.1 Å². The standard InChI is InChI=1S/C21H25NO7/c1-11(2)15-10-28-21(25)22(15)19(23)17-16(20(24)27-5)12(3)29-18(17)13-6-8-14(26-4)9-7-13/h6-9,11,15,17-18H,10H2,1-5H3/t15-,17-,18+/m1/s1. The van der Waals surface area contributed by atoms with Gasteiger partial charge in [0.25, 0.3) is 0 Å². The van der Waals surface area contributed by atoms with Crippen molar-refractivity contribution in [1.82, 2.24) is 4.90 Å². The molecule has 0 aromatic heterocycles. The average molecular weight is 403 g/mol. The minimum Gasteiger partial charge on any atom is -0.497 e. The number of allylic oxidation sites excluding steroid dienone is 1. The summed E-state index contributed by atoms with van der Waals surface area (Å²) in [5.74, 6) is -1.28. The zero-order valence-electron chi connectivity index (χ0n) is 17.1. The number of rotatable bonds is 5.